The van der Waals surface area contributed by atoms with Gasteiger partial charge in [-0.1, -0.05) is 17.7 Å². The molecule has 2 heterocycles. The lowest BCUT2D eigenvalue weighted by Gasteiger charge is -2.32. The quantitative estimate of drug-likeness (QED) is 0.873. The van der Waals surface area contributed by atoms with E-state index in [0.29, 0.717) is 12.4 Å². The summed E-state index contributed by atoms with van der Waals surface area (Å²) in [6.45, 7) is 3.36. The lowest BCUT2D eigenvalue weighted by atomic mass is 10.1. The highest BCUT2D eigenvalue weighted by Crippen LogP contribution is 2.18. The number of amides is 1. The maximum atomic E-state index is 12.6. The van der Waals surface area contributed by atoms with Gasteiger partial charge in [-0.15, -0.1) is 0 Å². The van der Waals surface area contributed by atoms with Gasteiger partial charge < -0.3 is 9.64 Å². The minimum Gasteiger partial charge on any atom is -0.472 e. The maximum absolute atomic E-state index is 12.6. The molecule has 0 saturated carbocycles. The van der Waals surface area contributed by atoms with Crippen molar-refractivity contribution in [3.05, 3.63) is 54.0 Å². The second kappa shape index (κ2) is 6.56. The van der Waals surface area contributed by atoms with Gasteiger partial charge in [0.1, 0.15) is 12.4 Å². The molecule has 1 aromatic heterocycles. The van der Waals surface area contributed by atoms with Crippen LogP contribution in [0.1, 0.15) is 28.8 Å². The molecule has 1 amide bonds. The molecule has 1 atom stereocenters. The van der Waals surface area contributed by atoms with Crippen LogP contribution < -0.4 is 4.74 Å². The molecule has 0 N–H and O–H groups in total. The Morgan fingerprint density at radius 1 is 1.36 bits per heavy atom. The molecule has 0 spiro atoms. The van der Waals surface area contributed by atoms with Crippen LogP contribution in [-0.2, 0) is 0 Å². The fourth-order valence-corrected chi connectivity index (χ4v) is 2.70. The summed E-state index contributed by atoms with van der Waals surface area (Å²) in [5, 5.41) is 0. The number of aryl methyl sites for hydroxylation is 1. The SMILES string of the molecule is Cc1cccc(C(=O)N2CCCC(Oc3ccncn3)C2)c1. The average Bonchev–Trinajstić information content (AvgIpc) is 2.55. The van der Waals surface area contributed by atoms with Crippen molar-refractivity contribution in [3.63, 3.8) is 0 Å². The van der Waals surface area contributed by atoms with E-state index in [4.69, 9.17) is 4.74 Å². The Hall–Kier alpha value is -2.43. The summed E-state index contributed by atoms with van der Waals surface area (Å²) >= 11 is 0. The number of ether oxygens (including phenoxy) is 1. The predicted octanol–water partition coefficient (Wildman–Crippen LogP) is 2.47. The molecule has 1 saturated heterocycles. The van der Waals surface area contributed by atoms with Crippen molar-refractivity contribution < 1.29 is 9.53 Å². The van der Waals surface area contributed by atoms with E-state index in [1.807, 2.05) is 36.1 Å². The second-order valence-corrected chi connectivity index (χ2v) is 5.55. The molecule has 2 aromatic rings. The van der Waals surface area contributed by atoms with E-state index in [1.54, 1.807) is 12.3 Å². The smallest absolute Gasteiger partial charge is 0.253 e. The highest BCUT2D eigenvalue weighted by molar-refractivity contribution is 5.94. The van der Waals surface area contributed by atoms with Gasteiger partial charge in [0.05, 0.1) is 6.54 Å². The minimum atomic E-state index is -0.0163. The Morgan fingerprint density at radius 3 is 3.05 bits per heavy atom. The number of rotatable bonds is 3. The van der Waals surface area contributed by atoms with E-state index in [-0.39, 0.29) is 12.0 Å². The number of piperidine rings is 1. The van der Waals surface area contributed by atoms with Crippen LogP contribution >= 0.6 is 0 Å². The first-order valence-corrected chi connectivity index (χ1v) is 7.51. The van der Waals surface area contributed by atoms with Gasteiger partial charge in [-0.05, 0) is 31.9 Å². The van der Waals surface area contributed by atoms with Crippen LogP contribution in [0.15, 0.2) is 42.9 Å². The Labute approximate surface area is 130 Å². The van der Waals surface area contributed by atoms with Crippen LogP contribution in [0.2, 0.25) is 0 Å². The summed E-state index contributed by atoms with van der Waals surface area (Å²) in [6, 6.07) is 9.44. The van der Waals surface area contributed by atoms with E-state index >= 15 is 0 Å². The molecule has 0 aliphatic carbocycles. The number of hydrogen-bond acceptors (Lipinski definition) is 4. The third-order valence-electron chi connectivity index (χ3n) is 3.77. The van der Waals surface area contributed by atoms with Gasteiger partial charge in [0.25, 0.3) is 5.91 Å². The fraction of sp³-hybridized carbons (Fsp3) is 0.353. The van der Waals surface area contributed by atoms with Crippen molar-refractivity contribution in [2.75, 3.05) is 13.1 Å². The first-order chi connectivity index (χ1) is 10.7. The largest absolute Gasteiger partial charge is 0.472 e. The van der Waals surface area contributed by atoms with Crippen LogP contribution in [0, 0.1) is 6.92 Å². The standard InChI is InChI=1S/C17H19N3O2/c1-13-4-2-5-14(10-13)17(21)20-9-3-6-15(11-20)22-16-7-8-18-12-19-16/h2,4-5,7-8,10,12,15H,3,6,9,11H2,1H3. The molecule has 22 heavy (non-hydrogen) atoms. The zero-order valence-electron chi connectivity index (χ0n) is 12.6. The van der Waals surface area contributed by atoms with E-state index in [2.05, 4.69) is 9.97 Å². The number of nitrogens with zero attached hydrogens (tertiary/aromatic N) is 3. The van der Waals surface area contributed by atoms with Gasteiger partial charge in [-0.25, -0.2) is 9.97 Å². The lowest BCUT2D eigenvalue weighted by Crippen LogP contribution is -2.44. The molecule has 5 heteroatoms. The van der Waals surface area contributed by atoms with Gasteiger partial charge in [0, 0.05) is 24.4 Å². The first-order valence-electron chi connectivity index (χ1n) is 7.51. The highest BCUT2D eigenvalue weighted by Gasteiger charge is 2.25. The molecule has 0 bridgehead atoms. The predicted molar refractivity (Wildman–Crippen MR) is 82.8 cm³/mol. The van der Waals surface area contributed by atoms with Gasteiger partial charge >= 0.3 is 0 Å². The van der Waals surface area contributed by atoms with Crippen LogP contribution in [0.3, 0.4) is 0 Å². The first kappa shape index (κ1) is 14.5. The van der Waals surface area contributed by atoms with Crippen molar-refractivity contribution in [2.45, 2.75) is 25.9 Å². The third-order valence-corrected chi connectivity index (χ3v) is 3.77. The summed E-state index contributed by atoms with van der Waals surface area (Å²) in [6.07, 6.45) is 4.97. The third kappa shape index (κ3) is 3.42. The number of benzene rings is 1. The number of hydrogen-bond donors (Lipinski definition) is 0. The molecule has 1 aliphatic heterocycles. The van der Waals surface area contributed by atoms with E-state index in [9.17, 15) is 4.79 Å². The molecule has 0 radical (unpaired) electrons. The highest BCUT2D eigenvalue weighted by atomic mass is 16.5. The van der Waals surface area contributed by atoms with Gasteiger partial charge in [0.15, 0.2) is 0 Å². The molecule has 3 rings (SSSR count). The second-order valence-electron chi connectivity index (χ2n) is 5.55. The van der Waals surface area contributed by atoms with E-state index in [0.717, 1.165) is 30.5 Å². The topological polar surface area (TPSA) is 55.3 Å². The number of carbonyl (C=O) groups is 1. The molecular weight excluding hydrogens is 278 g/mol. The Bertz CT molecular complexity index is 645. The molecule has 1 aromatic carbocycles. The van der Waals surface area contributed by atoms with Crippen molar-refractivity contribution >= 4 is 5.91 Å². The van der Waals surface area contributed by atoms with Crippen LogP contribution in [0.25, 0.3) is 0 Å². The Kier molecular flexibility index (Phi) is 4.32. The minimum absolute atomic E-state index is 0.0163. The van der Waals surface area contributed by atoms with Crippen LogP contribution in [0.5, 0.6) is 5.88 Å². The molecule has 114 valence electrons. The monoisotopic (exact) mass is 297 g/mol. The number of likely N-dealkylation sites (tertiary alicyclic amines) is 1. The molecular formula is C17H19N3O2. The lowest BCUT2D eigenvalue weighted by molar-refractivity contribution is 0.0527. The van der Waals surface area contributed by atoms with Crippen LogP contribution in [0.4, 0.5) is 0 Å². The average molecular weight is 297 g/mol. The van der Waals surface area contributed by atoms with Crippen molar-refractivity contribution in [1.82, 2.24) is 14.9 Å². The van der Waals surface area contributed by atoms with Gasteiger partial charge in [0.2, 0.25) is 5.88 Å². The molecule has 1 unspecified atom stereocenters. The maximum Gasteiger partial charge on any atom is 0.253 e. The number of aromatic nitrogens is 2. The van der Waals surface area contributed by atoms with E-state index < -0.39 is 0 Å². The summed E-state index contributed by atoms with van der Waals surface area (Å²) in [5.74, 6) is 0.629. The zero-order valence-corrected chi connectivity index (χ0v) is 12.6. The van der Waals surface area contributed by atoms with Crippen molar-refractivity contribution in [1.29, 1.82) is 0 Å². The Morgan fingerprint density at radius 2 is 2.27 bits per heavy atom. The molecule has 1 aliphatic rings. The van der Waals surface area contributed by atoms with Gasteiger partial charge in [-0.2, -0.15) is 0 Å². The normalized spacial score (nSPS) is 18.0. The summed E-state index contributed by atoms with van der Waals surface area (Å²) < 4.78 is 5.85. The van der Waals surface area contributed by atoms with Gasteiger partial charge in [-0.3, -0.25) is 4.79 Å². The summed E-state index contributed by atoms with van der Waals surface area (Å²) in [7, 11) is 0. The summed E-state index contributed by atoms with van der Waals surface area (Å²) in [5.41, 5.74) is 1.83. The molecule has 1 fully saturated rings. The number of carbonyl (C=O) groups excluding carboxylic acids is 1. The fourth-order valence-electron chi connectivity index (χ4n) is 2.70. The van der Waals surface area contributed by atoms with Crippen molar-refractivity contribution in [2.24, 2.45) is 0 Å². The van der Waals surface area contributed by atoms with Crippen LogP contribution in [-0.4, -0.2) is 40.0 Å². The van der Waals surface area contributed by atoms with Crippen molar-refractivity contribution in [3.8, 4) is 5.88 Å². The zero-order chi connectivity index (χ0) is 15.4. The Balaban J connectivity index is 1.66. The summed E-state index contributed by atoms with van der Waals surface area (Å²) in [4.78, 5) is 22.4. The molecule has 5 nitrogen and oxygen atoms in total. The van der Waals surface area contributed by atoms with E-state index in [1.165, 1.54) is 6.33 Å².